The number of carbonyl (C=O) groups is 1. The number of nitrogens with zero attached hydrogens (tertiary/aromatic N) is 1. The highest BCUT2D eigenvalue weighted by Crippen LogP contribution is 2.45. The molecule has 4 heteroatoms. The van der Waals surface area contributed by atoms with Gasteiger partial charge >= 0.3 is 0 Å². The minimum atomic E-state index is -0.667. The molecule has 1 atom stereocenters. The Balaban J connectivity index is 1.87. The van der Waals surface area contributed by atoms with Crippen LogP contribution in [0.5, 0.6) is 0 Å². The van der Waals surface area contributed by atoms with Gasteiger partial charge in [0.25, 0.3) is 5.91 Å². The summed E-state index contributed by atoms with van der Waals surface area (Å²) >= 11 is 0. The first-order valence-corrected chi connectivity index (χ1v) is 6.81. The van der Waals surface area contributed by atoms with Gasteiger partial charge in [0.2, 0.25) is 0 Å². The number of likely N-dealkylation sites (tertiary alicyclic amines) is 1. The Morgan fingerprint density at radius 3 is 2.84 bits per heavy atom. The number of aryl methyl sites for hydroxylation is 1. The molecule has 0 bridgehead atoms. The summed E-state index contributed by atoms with van der Waals surface area (Å²) in [5.41, 5.74) is 0.524. The van der Waals surface area contributed by atoms with Gasteiger partial charge in [-0.15, -0.1) is 0 Å². The largest absolute Gasteiger partial charge is 0.388 e. The highest BCUT2D eigenvalue weighted by molar-refractivity contribution is 5.96. The fourth-order valence-corrected chi connectivity index (χ4v) is 3.05. The van der Waals surface area contributed by atoms with Crippen molar-refractivity contribution >= 4 is 5.91 Å². The monoisotopic (exact) mass is 263 g/mol. The minimum absolute atomic E-state index is 0.0653. The van der Waals surface area contributed by atoms with Crippen LogP contribution in [0.15, 0.2) is 18.2 Å². The van der Waals surface area contributed by atoms with Crippen LogP contribution in [0.25, 0.3) is 0 Å². The summed E-state index contributed by atoms with van der Waals surface area (Å²) in [5, 5.41) is 10.3. The zero-order valence-electron chi connectivity index (χ0n) is 11.0. The summed E-state index contributed by atoms with van der Waals surface area (Å²) in [7, 11) is 0. The SMILES string of the molecule is Cc1cc(F)ccc1C(=O)N1CCCC1C1(O)CC1. The second-order valence-corrected chi connectivity index (χ2v) is 5.72. The Labute approximate surface area is 112 Å². The quantitative estimate of drug-likeness (QED) is 0.889. The third-order valence-electron chi connectivity index (χ3n) is 4.32. The summed E-state index contributed by atoms with van der Waals surface area (Å²) in [4.78, 5) is 14.3. The van der Waals surface area contributed by atoms with E-state index in [1.165, 1.54) is 12.1 Å². The second-order valence-electron chi connectivity index (χ2n) is 5.72. The Morgan fingerprint density at radius 2 is 2.21 bits per heavy atom. The van der Waals surface area contributed by atoms with E-state index in [0.717, 1.165) is 25.7 Å². The van der Waals surface area contributed by atoms with Crippen LogP contribution in [0.3, 0.4) is 0 Å². The van der Waals surface area contributed by atoms with Crippen molar-refractivity contribution in [1.82, 2.24) is 4.90 Å². The number of benzene rings is 1. The molecule has 3 nitrogen and oxygen atoms in total. The number of rotatable bonds is 2. The molecule has 1 aliphatic carbocycles. The molecule has 19 heavy (non-hydrogen) atoms. The van der Waals surface area contributed by atoms with Crippen molar-refractivity contribution in [3.05, 3.63) is 35.1 Å². The maximum absolute atomic E-state index is 13.1. The van der Waals surface area contributed by atoms with Gasteiger partial charge in [0.05, 0.1) is 11.6 Å². The molecule has 102 valence electrons. The third-order valence-corrected chi connectivity index (χ3v) is 4.32. The lowest BCUT2D eigenvalue weighted by Gasteiger charge is -2.29. The van der Waals surface area contributed by atoms with E-state index in [1.54, 1.807) is 17.9 Å². The predicted octanol–water partition coefficient (Wildman–Crippen LogP) is 2.26. The van der Waals surface area contributed by atoms with Crippen LogP contribution >= 0.6 is 0 Å². The molecule has 1 heterocycles. The number of aliphatic hydroxyl groups is 1. The Kier molecular flexibility index (Phi) is 2.86. The van der Waals surface area contributed by atoms with E-state index in [4.69, 9.17) is 0 Å². The summed E-state index contributed by atoms with van der Waals surface area (Å²) in [6.45, 7) is 2.43. The van der Waals surface area contributed by atoms with Crippen molar-refractivity contribution in [2.24, 2.45) is 0 Å². The van der Waals surface area contributed by atoms with Gasteiger partial charge in [-0.3, -0.25) is 4.79 Å². The summed E-state index contributed by atoms with van der Waals surface area (Å²) < 4.78 is 13.1. The predicted molar refractivity (Wildman–Crippen MR) is 69.4 cm³/mol. The lowest BCUT2D eigenvalue weighted by Crippen LogP contribution is -2.44. The maximum Gasteiger partial charge on any atom is 0.254 e. The second kappa shape index (κ2) is 4.30. The fourth-order valence-electron chi connectivity index (χ4n) is 3.05. The van der Waals surface area contributed by atoms with Crippen LogP contribution in [0.1, 0.15) is 41.6 Å². The summed E-state index contributed by atoms with van der Waals surface area (Å²) in [6, 6.07) is 4.17. The lowest BCUT2D eigenvalue weighted by molar-refractivity contribution is 0.0386. The maximum atomic E-state index is 13.1. The van der Waals surface area contributed by atoms with E-state index < -0.39 is 5.60 Å². The van der Waals surface area contributed by atoms with Crippen molar-refractivity contribution in [1.29, 1.82) is 0 Å². The van der Waals surface area contributed by atoms with Crippen LogP contribution in [0.2, 0.25) is 0 Å². The smallest absolute Gasteiger partial charge is 0.254 e. The molecule has 0 radical (unpaired) electrons. The number of hydrogen-bond donors (Lipinski definition) is 1. The van der Waals surface area contributed by atoms with Gasteiger partial charge in [-0.1, -0.05) is 0 Å². The number of hydrogen-bond acceptors (Lipinski definition) is 2. The van der Waals surface area contributed by atoms with Crippen molar-refractivity contribution in [3.63, 3.8) is 0 Å². The van der Waals surface area contributed by atoms with E-state index in [1.807, 2.05) is 0 Å². The first-order valence-electron chi connectivity index (χ1n) is 6.81. The van der Waals surface area contributed by atoms with Crippen molar-refractivity contribution in [2.75, 3.05) is 6.54 Å². The molecule has 1 N–H and O–H groups in total. The fraction of sp³-hybridized carbons (Fsp3) is 0.533. The Morgan fingerprint density at radius 1 is 1.47 bits per heavy atom. The molecule has 1 aliphatic heterocycles. The molecule has 1 saturated carbocycles. The van der Waals surface area contributed by atoms with E-state index in [9.17, 15) is 14.3 Å². The minimum Gasteiger partial charge on any atom is -0.388 e. The third kappa shape index (κ3) is 2.14. The van der Waals surface area contributed by atoms with Crippen molar-refractivity contribution in [3.8, 4) is 0 Å². The van der Waals surface area contributed by atoms with Gasteiger partial charge in [-0.2, -0.15) is 0 Å². The van der Waals surface area contributed by atoms with E-state index >= 15 is 0 Å². The Bertz CT molecular complexity index is 525. The molecule has 1 aromatic rings. The zero-order valence-corrected chi connectivity index (χ0v) is 11.0. The first kappa shape index (κ1) is 12.6. The van der Waals surface area contributed by atoms with Crippen LogP contribution in [-0.4, -0.2) is 34.1 Å². The number of halogens is 1. The molecule has 0 spiro atoms. The molecule has 1 amide bonds. The van der Waals surface area contributed by atoms with Gasteiger partial charge < -0.3 is 10.0 Å². The molecule has 2 fully saturated rings. The van der Waals surface area contributed by atoms with Crippen LogP contribution in [0, 0.1) is 12.7 Å². The van der Waals surface area contributed by atoms with Gasteiger partial charge in [-0.05, 0) is 56.4 Å². The van der Waals surface area contributed by atoms with Crippen molar-refractivity contribution < 1.29 is 14.3 Å². The van der Waals surface area contributed by atoms with Gasteiger partial charge in [0.15, 0.2) is 0 Å². The van der Waals surface area contributed by atoms with Crippen LogP contribution in [0.4, 0.5) is 4.39 Å². The highest BCUT2D eigenvalue weighted by atomic mass is 19.1. The molecule has 1 unspecified atom stereocenters. The average Bonchev–Trinajstić information content (AvgIpc) is 2.93. The van der Waals surface area contributed by atoms with E-state index in [-0.39, 0.29) is 17.8 Å². The van der Waals surface area contributed by atoms with Crippen molar-refractivity contribution in [2.45, 2.75) is 44.2 Å². The average molecular weight is 263 g/mol. The van der Waals surface area contributed by atoms with E-state index in [0.29, 0.717) is 17.7 Å². The van der Waals surface area contributed by atoms with Crippen LogP contribution in [-0.2, 0) is 0 Å². The summed E-state index contributed by atoms with van der Waals surface area (Å²) in [6.07, 6.45) is 3.36. The van der Waals surface area contributed by atoms with E-state index in [2.05, 4.69) is 0 Å². The van der Waals surface area contributed by atoms with Gasteiger partial charge in [-0.25, -0.2) is 4.39 Å². The zero-order chi connectivity index (χ0) is 13.6. The normalized spacial score (nSPS) is 24.6. The molecular weight excluding hydrogens is 245 g/mol. The summed E-state index contributed by atoms with van der Waals surface area (Å²) in [5.74, 6) is -0.409. The van der Waals surface area contributed by atoms with Crippen LogP contribution < -0.4 is 0 Å². The van der Waals surface area contributed by atoms with Gasteiger partial charge in [0.1, 0.15) is 5.82 Å². The van der Waals surface area contributed by atoms with Gasteiger partial charge in [0, 0.05) is 12.1 Å². The number of carbonyl (C=O) groups excluding carboxylic acids is 1. The molecule has 0 aromatic heterocycles. The molecule has 2 aliphatic rings. The molecule has 1 aromatic carbocycles. The standard InChI is InChI=1S/C15H18FNO2/c1-10-9-11(16)4-5-12(10)14(18)17-8-2-3-13(17)15(19)6-7-15/h4-5,9,13,19H,2-3,6-8H2,1H3. The molecule has 3 rings (SSSR count). The number of amides is 1. The lowest BCUT2D eigenvalue weighted by atomic mass is 10.0. The molecule has 1 saturated heterocycles. The first-order chi connectivity index (χ1) is 9.01. The molecular formula is C15H18FNO2. The topological polar surface area (TPSA) is 40.5 Å². The Hall–Kier alpha value is -1.42. The highest BCUT2D eigenvalue weighted by Gasteiger charge is 2.52.